The van der Waals surface area contributed by atoms with Crippen LogP contribution in [0.25, 0.3) is 4.96 Å². The van der Waals surface area contributed by atoms with Crippen LogP contribution in [-0.2, 0) is 6.42 Å². The van der Waals surface area contributed by atoms with Crippen molar-refractivity contribution < 1.29 is 9.59 Å². The molecule has 2 amide bonds. The van der Waals surface area contributed by atoms with Crippen LogP contribution in [0.3, 0.4) is 0 Å². The predicted octanol–water partition coefficient (Wildman–Crippen LogP) is 5.48. The summed E-state index contributed by atoms with van der Waals surface area (Å²) in [5.74, 6) is -1.08. The number of anilines is 2. The third-order valence-electron chi connectivity index (χ3n) is 5.21. The highest BCUT2D eigenvalue weighted by atomic mass is 35.5. The summed E-state index contributed by atoms with van der Waals surface area (Å²) in [7, 11) is 0. The van der Waals surface area contributed by atoms with Gasteiger partial charge in [-0.15, -0.1) is 0 Å². The standard InChI is InChI=1S/C25H23ClN4O3S/c1-4-6-17-13-20(31)30-21(23(32)27-18-8-5-7-14(2)11-18)22(34-25(30)28-17)24(33)29-19-10-9-16(26)12-15(19)3/h5,7-13H,4,6H2,1-3H3,(H,27,32)(H,29,33). The van der Waals surface area contributed by atoms with Gasteiger partial charge in [0.1, 0.15) is 10.6 Å². The highest BCUT2D eigenvalue weighted by molar-refractivity contribution is 7.19. The fraction of sp³-hybridized carbons (Fsp3) is 0.200. The summed E-state index contributed by atoms with van der Waals surface area (Å²) < 4.78 is 1.21. The van der Waals surface area contributed by atoms with Crippen LogP contribution in [0.2, 0.25) is 5.02 Å². The third-order valence-corrected chi connectivity index (χ3v) is 6.49. The average Bonchev–Trinajstić information content (AvgIpc) is 3.16. The first-order chi connectivity index (χ1) is 16.3. The maximum Gasteiger partial charge on any atom is 0.274 e. The van der Waals surface area contributed by atoms with Crippen LogP contribution >= 0.6 is 22.9 Å². The second-order valence-electron chi connectivity index (χ2n) is 7.97. The second kappa shape index (κ2) is 9.79. The molecule has 9 heteroatoms. The molecule has 0 saturated carbocycles. The Morgan fingerprint density at radius 2 is 1.85 bits per heavy atom. The van der Waals surface area contributed by atoms with Crippen LogP contribution in [-0.4, -0.2) is 21.2 Å². The van der Waals surface area contributed by atoms with Crippen molar-refractivity contribution in [2.45, 2.75) is 33.6 Å². The van der Waals surface area contributed by atoms with Gasteiger partial charge in [-0.25, -0.2) is 9.38 Å². The van der Waals surface area contributed by atoms with Gasteiger partial charge in [0, 0.05) is 28.2 Å². The Balaban J connectivity index is 1.82. The Morgan fingerprint density at radius 1 is 1.06 bits per heavy atom. The molecule has 4 rings (SSSR count). The van der Waals surface area contributed by atoms with Crippen LogP contribution in [0.15, 0.2) is 53.3 Å². The van der Waals surface area contributed by atoms with E-state index in [0.29, 0.717) is 33.5 Å². The number of carbonyl (C=O) groups is 2. The Hall–Kier alpha value is -3.49. The van der Waals surface area contributed by atoms with Gasteiger partial charge in [0.25, 0.3) is 17.4 Å². The summed E-state index contributed by atoms with van der Waals surface area (Å²) in [6.07, 6.45) is 1.44. The minimum Gasteiger partial charge on any atom is -0.321 e. The topological polar surface area (TPSA) is 92.6 Å². The van der Waals surface area contributed by atoms with E-state index in [2.05, 4.69) is 15.6 Å². The van der Waals surface area contributed by atoms with Crippen LogP contribution in [0, 0.1) is 13.8 Å². The van der Waals surface area contributed by atoms with Crippen molar-refractivity contribution in [3.8, 4) is 0 Å². The molecular weight excluding hydrogens is 472 g/mol. The molecule has 0 spiro atoms. The number of nitrogens with one attached hydrogen (secondary N) is 2. The summed E-state index contributed by atoms with van der Waals surface area (Å²) >= 11 is 7.04. The van der Waals surface area contributed by atoms with Gasteiger partial charge in [0.05, 0.1) is 0 Å². The molecule has 2 heterocycles. The van der Waals surface area contributed by atoms with Crippen LogP contribution in [0.5, 0.6) is 0 Å². The smallest absolute Gasteiger partial charge is 0.274 e. The molecule has 0 atom stereocenters. The fourth-order valence-electron chi connectivity index (χ4n) is 3.62. The molecule has 0 aliphatic carbocycles. The number of amides is 2. The number of thiazole rings is 1. The molecular formula is C25H23ClN4O3S. The lowest BCUT2D eigenvalue weighted by Gasteiger charge is -2.10. The molecule has 174 valence electrons. The largest absolute Gasteiger partial charge is 0.321 e. The van der Waals surface area contributed by atoms with Gasteiger partial charge < -0.3 is 10.6 Å². The summed E-state index contributed by atoms with van der Waals surface area (Å²) in [6, 6.07) is 13.8. The lowest BCUT2D eigenvalue weighted by atomic mass is 10.2. The molecule has 0 aliphatic heterocycles. The number of benzene rings is 2. The number of hydrogen-bond donors (Lipinski definition) is 2. The number of rotatable bonds is 6. The Bertz CT molecular complexity index is 1480. The summed E-state index contributed by atoms with van der Waals surface area (Å²) in [5, 5.41) is 6.19. The van der Waals surface area contributed by atoms with Crippen LogP contribution in [0.1, 0.15) is 50.3 Å². The molecule has 34 heavy (non-hydrogen) atoms. The number of aryl methyl sites for hydroxylation is 3. The van der Waals surface area contributed by atoms with Crippen molar-refractivity contribution in [2.75, 3.05) is 10.6 Å². The van der Waals surface area contributed by atoms with Crippen molar-refractivity contribution >= 4 is 51.1 Å². The maximum atomic E-state index is 13.4. The molecule has 7 nitrogen and oxygen atoms in total. The van der Waals surface area contributed by atoms with Crippen LogP contribution < -0.4 is 16.2 Å². The number of aromatic nitrogens is 2. The number of fused-ring (bicyclic) bond motifs is 1. The average molecular weight is 495 g/mol. The first kappa shape index (κ1) is 23.7. The van der Waals surface area contributed by atoms with E-state index in [9.17, 15) is 14.4 Å². The van der Waals surface area contributed by atoms with E-state index < -0.39 is 17.4 Å². The van der Waals surface area contributed by atoms with Crippen molar-refractivity contribution in [2.24, 2.45) is 0 Å². The Morgan fingerprint density at radius 3 is 2.56 bits per heavy atom. The normalized spacial score (nSPS) is 10.9. The Labute approximate surface area is 205 Å². The van der Waals surface area contributed by atoms with Crippen molar-refractivity contribution in [1.82, 2.24) is 9.38 Å². The van der Waals surface area contributed by atoms with Gasteiger partial charge in [-0.3, -0.25) is 14.4 Å². The monoisotopic (exact) mass is 494 g/mol. The lowest BCUT2D eigenvalue weighted by molar-refractivity contribution is 0.0989. The quantitative estimate of drug-likeness (QED) is 0.371. The van der Waals surface area contributed by atoms with E-state index in [1.54, 1.807) is 24.3 Å². The molecule has 4 aromatic rings. The Kier molecular flexibility index (Phi) is 6.81. The number of nitrogens with zero attached hydrogens (tertiary/aromatic N) is 2. The highest BCUT2D eigenvalue weighted by Crippen LogP contribution is 2.26. The number of carbonyl (C=O) groups excluding carboxylic acids is 2. The van der Waals surface area contributed by atoms with E-state index >= 15 is 0 Å². The van der Waals surface area contributed by atoms with E-state index in [0.717, 1.165) is 28.9 Å². The van der Waals surface area contributed by atoms with E-state index in [1.165, 1.54) is 10.5 Å². The van der Waals surface area contributed by atoms with Gasteiger partial charge in [0.15, 0.2) is 4.96 Å². The van der Waals surface area contributed by atoms with E-state index in [-0.39, 0.29) is 10.6 Å². The van der Waals surface area contributed by atoms with Crippen molar-refractivity contribution in [3.05, 3.63) is 91.3 Å². The second-order valence-corrected chi connectivity index (χ2v) is 9.38. The highest BCUT2D eigenvalue weighted by Gasteiger charge is 2.27. The zero-order valence-corrected chi connectivity index (χ0v) is 20.5. The molecule has 0 radical (unpaired) electrons. The van der Waals surface area contributed by atoms with Crippen molar-refractivity contribution in [1.29, 1.82) is 0 Å². The SMILES string of the molecule is CCCc1cc(=O)n2c(C(=O)Nc3cccc(C)c3)c(C(=O)Nc3ccc(Cl)cc3C)sc2n1. The third kappa shape index (κ3) is 4.88. The first-order valence-corrected chi connectivity index (χ1v) is 12.0. The maximum absolute atomic E-state index is 13.4. The summed E-state index contributed by atoms with van der Waals surface area (Å²) in [5.41, 5.74) is 3.03. The van der Waals surface area contributed by atoms with Gasteiger partial charge in [0.2, 0.25) is 0 Å². The zero-order valence-electron chi connectivity index (χ0n) is 18.9. The van der Waals surface area contributed by atoms with Crippen LogP contribution in [0.4, 0.5) is 11.4 Å². The van der Waals surface area contributed by atoms with E-state index in [4.69, 9.17) is 11.6 Å². The van der Waals surface area contributed by atoms with Gasteiger partial charge >= 0.3 is 0 Å². The fourth-order valence-corrected chi connectivity index (χ4v) is 4.89. The molecule has 0 unspecified atom stereocenters. The van der Waals surface area contributed by atoms with Gasteiger partial charge in [-0.1, -0.05) is 48.4 Å². The lowest BCUT2D eigenvalue weighted by Crippen LogP contribution is -2.25. The zero-order chi connectivity index (χ0) is 24.4. The van der Waals surface area contributed by atoms with Crippen molar-refractivity contribution in [3.63, 3.8) is 0 Å². The molecule has 0 fully saturated rings. The molecule has 2 aromatic carbocycles. The minimum absolute atomic E-state index is 0.0498. The summed E-state index contributed by atoms with van der Waals surface area (Å²) in [6.45, 7) is 5.72. The molecule has 2 aromatic heterocycles. The minimum atomic E-state index is -0.568. The van der Waals surface area contributed by atoms with Gasteiger partial charge in [-0.05, 0) is 61.7 Å². The predicted molar refractivity (Wildman–Crippen MR) is 137 cm³/mol. The van der Waals surface area contributed by atoms with Gasteiger partial charge in [-0.2, -0.15) is 0 Å². The summed E-state index contributed by atoms with van der Waals surface area (Å²) in [4.78, 5) is 44.6. The number of halogens is 1. The molecule has 2 N–H and O–H groups in total. The molecule has 0 saturated heterocycles. The molecule has 0 aliphatic rings. The number of hydrogen-bond acceptors (Lipinski definition) is 5. The molecule has 0 bridgehead atoms. The first-order valence-electron chi connectivity index (χ1n) is 10.8. The van der Waals surface area contributed by atoms with E-state index in [1.807, 2.05) is 39.0 Å².